The number of ether oxygens (including phenoxy) is 1. The molecule has 1 saturated heterocycles. The number of carbonyl (C=O) groups excluding carboxylic acids is 1. The van der Waals surface area contributed by atoms with E-state index in [0.717, 1.165) is 32.0 Å². The molecule has 5 rings (SSSR count). The number of hydrogen-bond acceptors (Lipinski definition) is 5. The monoisotopic (exact) mass is 359 g/mol. The normalized spacial score (nSPS) is 36.5. The molecule has 3 saturated carbocycles. The number of nitrogens with zero attached hydrogens (tertiary/aromatic N) is 3. The summed E-state index contributed by atoms with van der Waals surface area (Å²) < 4.78 is 7.39. The first-order valence-corrected chi connectivity index (χ1v) is 10.1. The quantitative estimate of drug-likeness (QED) is 0.799. The number of aromatic nitrogens is 3. The number of rotatable bonds is 6. The number of amides is 1. The van der Waals surface area contributed by atoms with Gasteiger partial charge in [-0.15, -0.1) is 0 Å². The summed E-state index contributed by atoms with van der Waals surface area (Å²) in [6.07, 6.45) is 6.37. The van der Waals surface area contributed by atoms with Crippen molar-refractivity contribution in [2.45, 2.75) is 64.2 Å². The Kier molecular flexibility index (Phi) is 3.87. The van der Waals surface area contributed by atoms with Gasteiger partial charge in [0.1, 0.15) is 12.2 Å². The zero-order valence-electron chi connectivity index (χ0n) is 15.6. The van der Waals surface area contributed by atoms with Gasteiger partial charge in [0.15, 0.2) is 0 Å². The van der Waals surface area contributed by atoms with E-state index in [-0.39, 0.29) is 17.2 Å². The highest BCUT2D eigenvalue weighted by molar-refractivity contribution is 5.83. The van der Waals surface area contributed by atoms with Crippen LogP contribution in [0.25, 0.3) is 0 Å². The molecule has 2 N–H and O–H groups in total. The van der Waals surface area contributed by atoms with Crippen LogP contribution in [0.2, 0.25) is 0 Å². The topological polar surface area (TPSA) is 81.1 Å². The lowest BCUT2D eigenvalue weighted by Gasteiger charge is -2.62. The minimum atomic E-state index is 0.220. The predicted molar refractivity (Wildman–Crippen MR) is 95.2 cm³/mol. The van der Waals surface area contributed by atoms with E-state index in [2.05, 4.69) is 34.6 Å². The van der Waals surface area contributed by atoms with Crippen molar-refractivity contribution in [1.82, 2.24) is 25.4 Å². The molecule has 0 aromatic carbocycles. The van der Waals surface area contributed by atoms with Crippen LogP contribution >= 0.6 is 0 Å². The van der Waals surface area contributed by atoms with Crippen molar-refractivity contribution in [1.29, 1.82) is 0 Å². The third-order valence-corrected chi connectivity index (χ3v) is 7.36. The Hall–Kier alpha value is -1.47. The molecule has 3 aliphatic carbocycles. The highest BCUT2D eigenvalue weighted by Crippen LogP contribution is 2.57. The molecular weight excluding hydrogens is 330 g/mol. The van der Waals surface area contributed by atoms with Gasteiger partial charge in [-0.2, -0.15) is 5.10 Å². The number of nitrogens with one attached hydrogen (secondary N) is 2. The third-order valence-electron chi connectivity index (χ3n) is 7.36. The molecule has 1 aromatic heterocycles. The summed E-state index contributed by atoms with van der Waals surface area (Å²) in [6, 6.07) is 1.13. The Labute approximate surface area is 154 Å². The van der Waals surface area contributed by atoms with Gasteiger partial charge in [-0.25, -0.2) is 9.67 Å². The Morgan fingerprint density at radius 1 is 1.35 bits per heavy atom. The van der Waals surface area contributed by atoms with Crippen LogP contribution in [0.5, 0.6) is 0 Å². The Morgan fingerprint density at radius 3 is 2.77 bits per heavy atom. The largest absolute Gasteiger partial charge is 0.381 e. The van der Waals surface area contributed by atoms with Gasteiger partial charge in [0.2, 0.25) is 5.91 Å². The molecule has 0 bridgehead atoms. The summed E-state index contributed by atoms with van der Waals surface area (Å²) >= 11 is 0. The van der Waals surface area contributed by atoms with E-state index < -0.39 is 0 Å². The molecule has 4 fully saturated rings. The fourth-order valence-electron chi connectivity index (χ4n) is 5.50. The van der Waals surface area contributed by atoms with Crippen LogP contribution in [0.3, 0.4) is 0 Å². The van der Waals surface area contributed by atoms with Gasteiger partial charge in [-0.3, -0.25) is 4.79 Å². The molecule has 5 atom stereocenters. The SMILES string of the molecule is CC(C)n1ncnc1CNC1CC(NC(=O)C2[C@H]3COC[C@@H]23)C12CCC2. The lowest BCUT2D eigenvalue weighted by atomic mass is 9.49. The molecule has 7 heteroatoms. The summed E-state index contributed by atoms with van der Waals surface area (Å²) in [5, 5.41) is 11.4. The van der Waals surface area contributed by atoms with E-state index in [4.69, 9.17) is 4.74 Å². The van der Waals surface area contributed by atoms with Gasteiger partial charge in [0.05, 0.1) is 19.8 Å². The Bertz CT molecular complexity index is 688. The average molecular weight is 359 g/mol. The first-order valence-electron chi connectivity index (χ1n) is 10.1. The molecule has 142 valence electrons. The Morgan fingerprint density at radius 2 is 2.12 bits per heavy atom. The fraction of sp³-hybridized carbons (Fsp3) is 0.842. The van der Waals surface area contributed by atoms with E-state index in [1.54, 1.807) is 6.33 Å². The van der Waals surface area contributed by atoms with Crippen LogP contribution in [0.15, 0.2) is 6.33 Å². The van der Waals surface area contributed by atoms with Crippen LogP contribution in [0, 0.1) is 23.2 Å². The van der Waals surface area contributed by atoms with Gasteiger partial charge in [0, 0.05) is 29.5 Å². The number of hydrogen-bond donors (Lipinski definition) is 2. The molecule has 1 aliphatic heterocycles. The minimum Gasteiger partial charge on any atom is -0.381 e. The van der Waals surface area contributed by atoms with E-state index in [1.165, 1.54) is 19.3 Å². The zero-order valence-corrected chi connectivity index (χ0v) is 15.6. The lowest BCUT2D eigenvalue weighted by Crippen LogP contribution is -2.71. The third kappa shape index (κ3) is 2.43. The molecule has 0 radical (unpaired) electrons. The molecule has 1 amide bonds. The van der Waals surface area contributed by atoms with Crippen molar-refractivity contribution >= 4 is 5.91 Å². The lowest BCUT2D eigenvalue weighted by molar-refractivity contribution is -0.131. The Balaban J connectivity index is 1.17. The summed E-state index contributed by atoms with van der Waals surface area (Å²) in [5.74, 6) is 2.47. The number of fused-ring (bicyclic) bond motifs is 1. The van der Waals surface area contributed by atoms with E-state index in [0.29, 0.717) is 30.0 Å². The molecule has 4 aliphatic rings. The molecular formula is C19H29N5O2. The average Bonchev–Trinajstić information content (AvgIpc) is 2.91. The van der Waals surface area contributed by atoms with Crippen LogP contribution in [-0.4, -0.2) is 46.0 Å². The second-order valence-corrected chi connectivity index (χ2v) is 8.92. The summed E-state index contributed by atoms with van der Waals surface area (Å²) in [5.41, 5.74) is 0.263. The summed E-state index contributed by atoms with van der Waals surface area (Å²) in [6.45, 7) is 6.55. The molecule has 26 heavy (non-hydrogen) atoms. The van der Waals surface area contributed by atoms with Crippen LogP contribution in [0.4, 0.5) is 0 Å². The van der Waals surface area contributed by atoms with Crippen LogP contribution < -0.4 is 10.6 Å². The van der Waals surface area contributed by atoms with E-state index in [9.17, 15) is 4.79 Å². The van der Waals surface area contributed by atoms with Gasteiger partial charge in [-0.05, 0) is 44.9 Å². The van der Waals surface area contributed by atoms with Crippen molar-refractivity contribution in [3.63, 3.8) is 0 Å². The first-order chi connectivity index (χ1) is 12.6. The maximum atomic E-state index is 12.6. The summed E-state index contributed by atoms with van der Waals surface area (Å²) in [4.78, 5) is 17.0. The van der Waals surface area contributed by atoms with Crippen molar-refractivity contribution < 1.29 is 9.53 Å². The molecule has 7 nitrogen and oxygen atoms in total. The van der Waals surface area contributed by atoms with Crippen LogP contribution in [-0.2, 0) is 16.1 Å². The molecule has 2 heterocycles. The molecule has 3 unspecified atom stereocenters. The van der Waals surface area contributed by atoms with Gasteiger partial charge in [-0.1, -0.05) is 6.42 Å². The van der Waals surface area contributed by atoms with Crippen molar-refractivity contribution in [3.8, 4) is 0 Å². The van der Waals surface area contributed by atoms with Crippen molar-refractivity contribution in [2.75, 3.05) is 13.2 Å². The van der Waals surface area contributed by atoms with Gasteiger partial charge >= 0.3 is 0 Å². The van der Waals surface area contributed by atoms with Crippen molar-refractivity contribution in [3.05, 3.63) is 12.2 Å². The van der Waals surface area contributed by atoms with E-state index in [1.807, 2.05) is 4.68 Å². The van der Waals surface area contributed by atoms with E-state index >= 15 is 0 Å². The second kappa shape index (κ2) is 6.02. The standard InChI is InChI=1S/C19H29N5O2/c1-11(2)24-16(21-10-22-24)7-20-14-6-15(19(14)4-3-5-19)23-18(25)17-12-8-26-9-13(12)17/h10-15,17,20H,3-9H2,1-2H3,(H,23,25)/t12-,13+,14?,15?,17?. The molecule has 1 aromatic rings. The van der Waals surface area contributed by atoms with Crippen LogP contribution in [0.1, 0.15) is 51.4 Å². The van der Waals surface area contributed by atoms with Gasteiger partial charge in [0.25, 0.3) is 0 Å². The number of carbonyl (C=O) groups is 1. The highest BCUT2D eigenvalue weighted by Gasteiger charge is 2.62. The minimum absolute atomic E-state index is 0.220. The zero-order chi connectivity index (χ0) is 17.9. The maximum absolute atomic E-state index is 12.6. The smallest absolute Gasteiger partial charge is 0.224 e. The predicted octanol–water partition coefficient (Wildman–Crippen LogP) is 1.27. The first kappa shape index (κ1) is 16.7. The fourth-order valence-corrected chi connectivity index (χ4v) is 5.50. The summed E-state index contributed by atoms with van der Waals surface area (Å²) in [7, 11) is 0. The molecule has 1 spiro atoms. The van der Waals surface area contributed by atoms with Gasteiger partial charge < -0.3 is 15.4 Å². The maximum Gasteiger partial charge on any atom is 0.224 e. The second-order valence-electron chi connectivity index (χ2n) is 8.92. The van der Waals surface area contributed by atoms with Crippen molar-refractivity contribution in [2.24, 2.45) is 23.2 Å². The highest BCUT2D eigenvalue weighted by atomic mass is 16.5.